The van der Waals surface area contributed by atoms with E-state index in [-0.39, 0.29) is 7.20 Å². The molecule has 0 bridgehead atoms. The Morgan fingerprint density at radius 1 is 2.00 bits per heavy atom. The summed E-state index contributed by atoms with van der Waals surface area (Å²) in [6.45, 7) is 0. The van der Waals surface area contributed by atoms with Crippen molar-refractivity contribution >= 4 is 26.2 Å². The summed E-state index contributed by atoms with van der Waals surface area (Å²) < 4.78 is 0. The first-order chi connectivity index (χ1) is 1.91. The third-order valence-corrected chi connectivity index (χ3v) is 0.520. The van der Waals surface area contributed by atoms with E-state index in [9.17, 15) is 0 Å². The molecule has 0 atom stereocenters. The fourth-order valence-corrected chi connectivity index (χ4v) is 0. The van der Waals surface area contributed by atoms with E-state index in [1.54, 1.807) is 0 Å². The van der Waals surface area contributed by atoms with Crippen LogP contribution in [0.4, 0.5) is 0 Å². The largest absolute Gasteiger partial charge is 0.445 e. The molecule has 0 saturated carbocycles. The summed E-state index contributed by atoms with van der Waals surface area (Å²) in [6.07, 6.45) is 0. The van der Waals surface area contributed by atoms with Crippen molar-refractivity contribution in [2.24, 2.45) is 0 Å². The summed E-state index contributed by atoms with van der Waals surface area (Å²) in [5, 5.41) is 7.76. The fourth-order valence-electron chi connectivity index (χ4n) is 0. The third kappa shape index (κ3) is 2.54. The van der Waals surface area contributed by atoms with Crippen LogP contribution in [0.2, 0.25) is 0 Å². The second-order valence-corrected chi connectivity index (χ2v) is 1.59. The quantitative estimate of drug-likeness (QED) is 0.352. The monoisotopic (exact) mass is 92.0 g/mol. The minimum Gasteiger partial charge on any atom is -0.445 e. The Balaban J connectivity index is 2.30. The van der Waals surface area contributed by atoms with Crippen molar-refractivity contribution in [1.29, 1.82) is 0 Å². The standard InChI is InChI=1S/BH2OPS/c2-1-3-4/h1-2H. The molecule has 0 aliphatic carbocycles. The molecular formula is H2BOPS. The third-order valence-electron chi connectivity index (χ3n) is 0.0577. The van der Waals surface area contributed by atoms with Gasteiger partial charge in [-0.05, 0) is 7.23 Å². The van der Waals surface area contributed by atoms with Crippen LogP contribution < -0.4 is 0 Å². The van der Waals surface area contributed by atoms with E-state index in [1.807, 2.05) is 0 Å². The molecule has 0 unspecified atom stereocenters. The van der Waals surface area contributed by atoms with Crippen LogP contribution in [-0.4, -0.2) is 12.2 Å². The zero-order valence-electron chi connectivity index (χ0n) is 2.01. The Labute approximate surface area is 32.1 Å². The second kappa shape index (κ2) is 3.54. The summed E-state index contributed by atoms with van der Waals surface area (Å²) in [5.41, 5.74) is 0. The Morgan fingerprint density at radius 2 is 2.25 bits per heavy atom. The van der Waals surface area contributed by atoms with Crippen molar-refractivity contribution in [3.8, 4) is 0 Å². The van der Waals surface area contributed by atoms with Gasteiger partial charge < -0.3 is 5.02 Å². The topological polar surface area (TPSA) is 20.2 Å². The van der Waals surface area contributed by atoms with E-state index < -0.39 is 0 Å². The van der Waals surface area contributed by atoms with Gasteiger partial charge in [0.25, 0.3) is 0 Å². The predicted octanol–water partition coefficient (Wildman–Crippen LogP) is -0.347. The Morgan fingerprint density at radius 3 is 2.25 bits per heavy atom. The van der Waals surface area contributed by atoms with Gasteiger partial charge in [0.1, 0.15) is 0 Å². The van der Waals surface area contributed by atoms with Crippen molar-refractivity contribution < 1.29 is 5.02 Å². The van der Waals surface area contributed by atoms with Gasteiger partial charge in [0.2, 0.25) is 0 Å². The van der Waals surface area contributed by atoms with Gasteiger partial charge in [-0.15, -0.1) is 0 Å². The van der Waals surface area contributed by atoms with E-state index in [0.717, 1.165) is 0 Å². The average Bonchev–Trinajstić information content (AvgIpc) is 1.37. The van der Waals surface area contributed by atoms with Gasteiger partial charge in [-0.3, -0.25) is 0 Å². The van der Waals surface area contributed by atoms with Crippen molar-refractivity contribution in [2.45, 2.75) is 0 Å². The number of hydrogen-bond donors (Lipinski definition) is 1. The average molecular weight is 91.9 g/mol. The van der Waals surface area contributed by atoms with E-state index >= 15 is 0 Å². The fraction of sp³-hybridized carbons (Fsp3) is 0. The summed E-state index contributed by atoms with van der Waals surface area (Å²) in [5.74, 6) is 0. The minimum atomic E-state index is 0.106. The molecule has 0 heterocycles. The number of rotatable bonds is 1. The van der Waals surface area contributed by atoms with Crippen LogP contribution in [0.5, 0.6) is 0 Å². The number of hydrogen-bond acceptors (Lipinski definition) is 2. The Bertz CT molecular complexity index is 22.0. The molecule has 4 heteroatoms. The molecule has 0 aromatic carbocycles. The molecule has 4 heavy (non-hydrogen) atoms. The van der Waals surface area contributed by atoms with Gasteiger partial charge in [0.05, 0.1) is 0 Å². The molecule has 0 saturated heterocycles. The molecule has 0 radical (unpaired) electrons. The molecule has 0 aliphatic heterocycles. The lowest BCUT2D eigenvalue weighted by molar-refractivity contribution is 0.623. The summed E-state index contributed by atoms with van der Waals surface area (Å²) in [4.78, 5) is 0. The molecule has 1 nitrogen and oxygen atoms in total. The normalized spacial score (nSPS) is 7.25. The van der Waals surface area contributed by atoms with Crippen LogP contribution in [0.3, 0.4) is 0 Å². The zero-order valence-corrected chi connectivity index (χ0v) is 3.72. The van der Waals surface area contributed by atoms with Crippen molar-refractivity contribution in [3.05, 3.63) is 0 Å². The van der Waals surface area contributed by atoms with E-state index in [2.05, 4.69) is 11.8 Å². The van der Waals surface area contributed by atoms with Gasteiger partial charge >= 0.3 is 7.20 Å². The summed E-state index contributed by atoms with van der Waals surface area (Å²) in [7, 11) is 0.744. The first-order valence-corrected chi connectivity index (χ1v) is 2.91. The molecule has 0 aliphatic rings. The highest BCUT2D eigenvalue weighted by atomic mass is 32.4. The van der Waals surface area contributed by atoms with E-state index in [4.69, 9.17) is 5.02 Å². The predicted molar refractivity (Wildman–Crippen MR) is 23.7 cm³/mol. The van der Waals surface area contributed by atoms with Gasteiger partial charge in [-0.1, -0.05) is 11.8 Å². The first kappa shape index (κ1) is 4.54. The SMILES string of the molecule is OBP=S. The van der Waals surface area contributed by atoms with Crippen LogP contribution in [-0.2, 0) is 11.8 Å². The maximum atomic E-state index is 7.76. The van der Waals surface area contributed by atoms with E-state index in [1.165, 1.54) is 0 Å². The van der Waals surface area contributed by atoms with Crippen molar-refractivity contribution in [2.75, 3.05) is 0 Å². The van der Waals surface area contributed by atoms with Crippen molar-refractivity contribution in [3.63, 3.8) is 0 Å². The highest BCUT2D eigenvalue weighted by Gasteiger charge is 1.59. The minimum absolute atomic E-state index is 0.106. The van der Waals surface area contributed by atoms with Crippen molar-refractivity contribution in [1.82, 2.24) is 0 Å². The van der Waals surface area contributed by atoms with Gasteiger partial charge in [-0.25, -0.2) is 0 Å². The Hall–Kier alpha value is 0.545. The van der Waals surface area contributed by atoms with Crippen LogP contribution in [0.25, 0.3) is 0 Å². The summed E-state index contributed by atoms with van der Waals surface area (Å²) >= 11 is 4.28. The molecule has 0 aromatic rings. The van der Waals surface area contributed by atoms with Crippen LogP contribution >= 0.6 is 7.23 Å². The molecule has 0 rings (SSSR count). The van der Waals surface area contributed by atoms with Gasteiger partial charge in [0.15, 0.2) is 0 Å². The smallest absolute Gasteiger partial charge is 0.343 e. The molecule has 1 N–H and O–H groups in total. The van der Waals surface area contributed by atoms with Crippen LogP contribution in [0, 0.1) is 0 Å². The molecule has 0 amide bonds. The second-order valence-electron chi connectivity index (χ2n) is 0.271. The highest BCUT2D eigenvalue weighted by Crippen LogP contribution is 1.75. The Kier molecular flexibility index (Phi) is 4.03. The van der Waals surface area contributed by atoms with Gasteiger partial charge in [-0.2, -0.15) is 0 Å². The van der Waals surface area contributed by atoms with Crippen LogP contribution in [0.15, 0.2) is 0 Å². The summed E-state index contributed by atoms with van der Waals surface area (Å²) in [6, 6.07) is 0. The zero-order chi connectivity index (χ0) is 3.41. The highest BCUT2D eigenvalue weighted by molar-refractivity contribution is 8.08. The molecule has 0 spiro atoms. The maximum absolute atomic E-state index is 7.76. The first-order valence-electron chi connectivity index (χ1n) is 0.815. The molecule has 0 fully saturated rings. The molecule has 22 valence electrons. The molecule has 0 aromatic heterocycles. The lowest BCUT2D eigenvalue weighted by Gasteiger charge is -1.50. The molecular weight excluding hydrogens is 89.9 g/mol. The van der Waals surface area contributed by atoms with E-state index in [0.29, 0.717) is 7.23 Å². The lowest BCUT2D eigenvalue weighted by atomic mass is 10.6. The maximum Gasteiger partial charge on any atom is 0.343 e. The van der Waals surface area contributed by atoms with Gasteiger partial charge in [0, 0.05) is 0 Å². The van der Waals surface area contributed by atoms with Crippen LogP contribution in [0.1, 0.15) is 0 Å². The lowest BCUT2D eigenvalue weighted by Crippen LogP contribution is -1.60.